The van der Waals surface area contributed by atoms with Gasteiger partial charge >= 0.3 is 0 Å². The van der Waals surface area contributed by atoms with Gasteiger partial charge in [-0.1, -0.05) is 25.6 Å². The third-order valence-electron chi connectivity index (χ3n) is 4.74. The maximum Gasteiger partial charge on any atom is 0.251 e. The van der Waals surface area contributed by atoms with Crippen LogP contribution < -0.4 is 5.32 Å². The highest BCUT2D eigenvalue weighted by atomic mass is 16.3. The van der Waals surface area contributed by atoms with Gasteiger partial charge in [-0.2, -0.15) is 5.26 Å². The number of hydrogen-bond donors (Lipinski definition) is 2. The second kappa shape index (κ2) is 9.82. The summed E-state index contributed by atoms with van der Waals surface area (Å²) in [6, 6.07) is 16.8. The standard InChI is InChI=1S/C24H23N3O2.CH4/c1-15-7-8-22(26-13-15)19-9-20(23-16(2)5-4-6-18(23)12-25)11-21(10-19)24(29)27-17(3)14-28;/h4-11,13,17,28H,14H2,1-3H3,(H,27,29);1H4/t17-;/m0./s1. The molecule has 1 amide bonds. The van der Waals surface area contributed by atoms with Crippen molar-refractivity contribution in [3.8, 4) is 28.5 Å². The van der Waals surface area contributed by atoms with Crippen LogP contribution in [0.1, 0.15) is 41.4 Å². The van der Waals surface area contributed by atoms with Gasteiger partial charge in [-0.3, -0.25) is 9.78 Å². The topological polar surface area (TPSA) is 86.0 Å². The molecule has 2 N–H and O–H groups in total. The van der Waals surface area contributed by atoms with Crippen molar-refractivity contribution in [3.05, 3.63) is 77.0 Å². The summed E-state index contributed by atoms with van der Waals surface area (Å²) in [7, 11) is 0. The van der Waals surface area contributed by atoms with Gasteiger partial charge in [0.2, 0.25) is 0 Å². The zero-order chi connectivity index (χ0) is 21.0. The normalized spacial score (nSPS) is 11.2. The van der Waals surface area contributed by atoms with E-state index < -0.39 is 0 Å². The van der Waals surface area contributed by atoms with E-state index >= 15 is 0 Å². The lowest BCUT2D eigenvalue weighted by Gasteiger charge is -2.15. The zero-order valence-electron chi connectivity index (χ0n) is 16.7. The predicted octanol–water partition coefficient (Wildman–Crippen LogP) is 4.65. The van der Waals surface area contributed by atoms with Crippen LogP contribution in [0.25, 0.3) is 22.4 Å². The summed E-state index contributed by atoms with van der Waals surface area (Å²) >= 11 is 0. The van der Waals surface area contributed by atoms with E-state index in [0.29, 0.717) is 11.1 Å². The van der Waals surface area contributed by atoms with Crippen molar-refractivity contribution in [3.63, 3.8) is 0 Å². The summed E-state index contributed by atoms with van der Waals surface area (Å²) < 4.78 is 0. The minimum Gasteiger partial charge on any atom is -0.394 e. The number of amides is 1. The minimum atomic E-state index is -0.361. The molecule has 0 saturated heterocycles. The maximum atomic E-state index is 12.8. The molecule has 0 aliphatic rings. The number of aromatic nitrogens is 1. The second-order valence-electron chi connectivity index (χ2n) is 7.19. The van der Waals surface area contributed by atoms with Crippen LogP contribution in [0.4, 0.5) is 0 Å². The van der Waals surface area contributed by atoms with Gasteiger partial charge in [-0.05, 0) is 67.8 Å². The van der Waals surface area contributed by atoms with Gasteiger partial charge in [0.25, 0.3) is 5.91 Å². The average Bonchev–Trinajstić information content (AvgIpc) is 2.73. The van der Waals surface area contributed by atoms with Gasteiger partial charge in [0.15, 0.2) is 0 Å². The molecule has 0 unspecified atom stereocenters. The number of nitriles is 1. The van der Waals surface area contributed by atoms with Crippen molar-refractivity contribution < 1.29 is 9.90 Å². The number of nitrogens with one attached hydrogen (secondary N) is 1. The highest BCUT2D eigenvalue weighted by Gasteiger charge is 2.16. The van der Waals surface area contributed by atoms with E-state index in [1.54, 1.807) is 31.3 Å². The zero-order valence-corrected chi connectivity index (χ0v) is 16.7. The molecule has 0 radical (unpaired) electrons. The number of nitrogens with zero attached hydrogens (tertiary/aromatic N) is 2. The van der Waals surface area contributed by atoms with E-state index in [0.717, 1.165) is 33.5 Å². The lowest BCUT2D eigenvalue weighted by molar-refractivity contribution is 0.0922. The van der Waals surface area contributed by atoms with Crippen LogP contribution in [0.15, 0.2) is 54.7 Å². The van der Waals surface area contributed by atoms with E-state index in [1.165, 1.54) is 0 Å². The Hall–Kier alpha value is -3.49. The molecule has 0 bridgehead atoms. The molecular formula is C25H27N3O2. The minimum absolute atomic E-state index is 0. The molecule has 1 atom stereocenters. The van der Waals surface area contributed by atoms with Crippen molar-refractivity contribution >= 4 is 5.91 Å². The SMILES string of the molecule is C.Cc1ccc(-c2cc(C(=O)N[C@@H](C)CO)cc(-c3c(C)cccc3C#N)c2)nc1. The summed E-state index contributed by atoms with van der Waals surface area (Å²) in [5.74, 6) is -0.283. The van der Waals surface area contributed by atoms with Crippen molar-refractivity contribution in [1.29, 1.82) is 5.26 Å². The van der Waals surface area contributed by atoms with E-state index in [9.17, 15) is 15.2 Å². The van der Waals surface area contributed by atoms with Crippen LogP contribution in [0.5, 0.6) is 0 Å². The maximum absolute atomic E-state index is 12.8. The number of aliphatic hydroxyl groups is 1. The molecule has 0 aliphatic carbocycles. The first-order valence-corrected chi connectivity index (χ1v) is 9.43. The molecule has 2 aromatic carbocycles. The first-order chi connectivity index (χ1) is 13.9. The second-order valence-corrected chi connectivity index (χ2v) is 7.19. The number of pyridine rings is 1. The molecule has 0 spiro atoms. The molecule has 0 fully saturated rings. The van der Waals surface area contributed by atoms with Gasteiger partial charge in [0, 0.05) is 28.9 Å². The number of rotatable bonds is 5. The highest BCUT2D eigenvalue weighted by Crippen LogP contribution is 2.32. The molecule has 30 heavy (non-hydrogen) atoms. The third-order valence-corrected chi connectivity index (χ3v) is 4.74. The number of aryl methyl sites for hydroxylation is 2. The fourth-order valence-electron chi connectivity index (χ4n) is 3.19. The highest BCUT2D eigenvalue weighted by molar-refractivity contribution is 5.97. The smallest absolute Gasteiger partial charge is 0.251 e. The largest absolute Gasteiger partial charge is 0.394 e. The summed E-state index contributed by atoms with van der Waals surface area (Å²) in [4.78, 5) is 17.3. The number of carbonyl (C=O) groups excluding carboxylic acids is 1. The molecular weight excluding hydrogens is 374 g/mol. The van der Waals surface area contributed by atoms with Crippen LogP contribution in [-0.4, -0.2) is 28.6 Å². The monoisotopic (exact) mass is 401 g/mol. The number of carbonyl (C=O) groups is 1. The number of benzene rings is 2. The number of hydrogen-bond acceptors (Lipinski definition) is 4. The Morgan fingerprint density at radius 2 is 1.90 bits per heavy atom. The lowest BCUT2D eigenvalue weighted by atomic mass is 9.92. The van der Waals surface area contributed by atoms with Crippen molar-refractivity contribution in [2.45, 2.75) is 34.2 Å². The molecule has 5 heteroatoms. The third kappa shape index (κ3) is 4.91. The van der Waals surface area contributed by atoms with Crippen molar-refractivity contribution in [2.75, 3.05) is 6.61 Å². The van der Waals surface area contributed by atoms with Crippen LogP contribution in [0.3, 0.4) is 0 Å². The lowest BCUT2D eigenvalue weighted by Crippen LogP contribution is -2.35. The molecule has 5 nitrogen and oxygen atoms in total. The summed E-state index contributed by atoms with van der Waals surface area (Å²) in [5, 5.41) is 21.6. The van der Waals surface area contributed by atoms with E-state index in [-0.39, 0.29) is 26.0 Å². The van der Waals surface area contributed by atoms with E-state index in [1.807, 2.05) is 44.2 Å². The molecule has 3 aromatic rings. The summed E-state index contributed by atoms with van der Waals surface area (Å²) in [6.45, 7) is 5.50. The van der Waals surface area contributed by atoms with E-state index in [2.05, 4.69) is 16.4 Å². The van der Waals surface area contributed by atoms with Gasteiger partial charge < -0.3 is 10.4 Å². The molecule has 3 rings (SSSR count). The van der Waals surface area contributed by atoms with Crippen LogP contribution >= 0.6 is 0 Å². The predicted molar refractivity (Wildman–Crippen MR) is 120 cm³/mol. The van der Waals surface area contributed by atoms with Crippen molar-refractivity contribution in [1.82, 2.24) is 10.3 Å². The Balaban J connectivity index is 0.00000320. The Morgan fingerprint density at radius 3 is 2.53 bits per heavy atom. The Morgan fingerprint density at radius 1 is 1.17 bits per heavy atom. The molecule has 1 heterocycles. The first kappa shape index (κ1) is 22.8. The fraction of sp³-hybridized carbons (Fsp3) is 0.240. The Labute approximate surface area is 178 Å². The Bertz CT molecular complexity index is 1080. The van der Waals surface area contributed by atoms with Gasteiger partial charge in [0.1, 0.15) is 0 Å². The van der Waals surface area contributed by atoms with Gasteiger partial charge in [-0.15, -0.1) is 0 Å². The molecule has 0 saturated carbocycles. The average molecular weight is 402 g/mol. The van der Waals surface area contributed by atoms with Crippen LogP contribution in [0.2, 0.25) is 0 Å². The summed E-state index contributed by atoms with van der Waals surface area (Å²) in [5.41, 5.74) is 6.11. The molecule has 0 aliphatic heterocycles. The summed E-state index contributed by atoms with van der Waals surface area (Å²) in [6.07, 6.45) is 1.78. The molecule has 1 aromatic heterocycles. The molecule has 154 valence electrons. The van der Waals surface area contributed by atoms with Crippen LogP contribution in [-0.2, 0) is 0 Å². The van der Waals surface area contributed by atoms with Gasteiger partial charge in [-0.25, -0.2) is 0 Å². The number of aliphatic hydroxyl groups excluding tert-OH is 1. The Kier molecular flexibility index (Phi) is 7.46. The first-order valence-electron chi connectivity index (χ1n) is 9.43. The van der Waals surface area contributed by atoms with Crippen LogP contribution in [0, 0.1) is 25.2 Å². The van der Waals surface area contributed by atoms with Gasteiger partial charge in [0.05, 0.1) is 23.9 Å². The quantitative estimate of drug-likeness (QED) is 0.651. The van der Waals surface area contributed by atoms with Crippen molar-refractivity contribution in [2.24, 2.45) is 0 Å². The fourth-order valence-corrected chi connectivity index (χ4v) is 3.19. The van der Waals surface area contributed by atoms with E-state index in [4.69, 9.17) is 0 Å².